The van der Waals surface area contributed by atoms with E-state index in [1.807, 2.05) is 0 Å². The van der Waals surface area contributed by atoms with Crippen molar-refractivity contribution in [1.29, 1.82) is 0 Å². The summed E-state index contributed by atoms with van der Waals surface area (Å²) in [5.74, 6) is 0. The summed E-state index contributed by atoms with van der Waals surface area (Å²) in [6, 6.07) is 0. The van der Waals surface area contributed by atoms with Gasteiger partial charge in [-0.25, -0.2) is 0 Å². The van der Waals surface area contributed by atoms with E-state index < -0.39 is 5.60 Å². The molecule has 0 N–H and O–H groups in total. The molecule has 0 amide bonds. The van der Waals surface area contributed by atoms with Gasteiger partial charge in [-0.1, -0.05) is 33.9 Å². The Kier molecular flexibility index (Phi) is 4.46. The lowest BCUT2D eigenvalue weighted by Gasteiger charge is -1.96. The molecule has 0 saturated heterocycles. The smallest absolute Gasteiger partial charge is 0.152 e. The van der Waals surface area contributed by atoms with E-state index in [0.717, 1.165) is 6.42 Å². The molecule has 42 valence electrons. The van der Waals surface area contributed by atoms with E-state index in [-0.39, 0.29) is 0 Å². The molecule has 0 aliphatic carbocycles. The van der Waals surface area contributed by atoms with Crippen LogP contribution in [0.4, 0.5) is 0 Å². The molecule has 0 heterocycles. The molecular formula is C4H8ClISi. The van der Waals surface area contributed by atoms with Gasteiger partial charge in [-0.15, -0.1) is 6.58 Å². The van der Waals surface area contributed by atoms with Gasteiger partial charge in [-0.2, -0.15) is 11.1 Å². The van der Waals surface area contributed by atoms with Crippen LogP contribution >= 0.6 is 32.9 Å². The number of hydrogen-bond donors (Lipinski definition) is 0. The molecule has 3 heteroatoms. The molecule has 0 aliphatic heterocycles. The van der Waals surface area contributed by atoms with Gasteiger partial charge in [0.25, 0.3) is 0 Å². The fourth-order valence-electron chi connectivity index (χ4n) is 0.154. The standard InChI is InChI=1S/C4H8ClISi/c1-3-4(2)7(5)6/h7H,2-3H2,1H3. The monoisotopic (exact) mass is 246 g/mol. The van der Waals surface area contributed by atoms with E-state index in [4.69, 9.17) is 11.1 Å². The summed E-state index contributed by atoms with van der Waals surface area (Å²) >= 11 is 8.03. The summed E-state index contributed by atoms with van der Waals surface area (Å²) in [5.41, 5.74) is -1.02. The first kappa shape index (κ1) is 7.98. The molecule has 0 nitrogen and oxygen atoms in total. The summed E-state index contributed by atoms with van der Waals surface area (Å²) in [6.07, 6.45) is 1.04. The molecule has 0 rings (SSSR count). The third kappa shape index (κ3) is 3.55. The molecule has 1 unspecified atom stereocenters. The molecule has 0 bridgehead atoms. The van der Waals surface area contributed by atoms with Gasteiger partial charge in [-0.3, -0.25) is 0 Å². The van der Waals surface area contributed by atoms with Gasteiger partial charge in [0.05, 0.1) is 0 Å². The summed E-state index contributed by atoms with van der Waals surface area (Å²) in [4.78, 5) is 0. The van der Waals surface area contributed by atoms with Crippen molar-refractivity contribution in [3.63, 3.8) is 0 Å². The fourth-order valence-corrected chi connectivity index (χ4v) is 2.25. The van der Waals surface area contributed by atoms with E-state index >= 15 is 0 Å². The third-order valence-electron chi connectivity index (χ3n) is 0.763. The van der Waals surface area contributed by atoms with Crippen molar-refractivity contribution in [2.24, 2.45) is 0 Å². The van der Waals surface area contributed by atoms with Crippen molar-refractivity contribution in [1.82, 2.24) is 0 Å². The van der Waals surface area contributed by atoms with Crippen LogP contribution in [0.25, 0.3) is 0 Å². The highest BCUT2D eigenvalue weighted by molar-refractivity contribution is 14.1. The van der Waals surface area contributed by atoms with Gasteiger partial charge in [0.2, 0.25) is 5.60 Å². The van der Waals surface area contributed by atoms with Gasteiger partial charge < -0.3 is 0 Å². The largest absolute Gasteiger partial charge is 0.232 e. The van der Waals surface area contributed by atoms with Crippen LogP contribution in [0.1, 0.15) is 13.3 Å². The van der Waals surface area contributed by atoms with Crippen LogP contribution in [0.5, 0.6) is 0 Å². The van der Waals surface area contributed by atoms with Gasteiger partial charge in [0.15, 0.2) is 0 Å². The second-order valence-electron chi connectivity index (χ2n) is 1.31. The van der Waals surface area contributed by atoms with E-state index in [1.165, 1.54) is 5.20 Å². The lowest BCUT2D eigenvalue weighted by molar-refractivity contribution is 1.20. The first-order valence-corrected chi connectivity index (χ1v) is 8.64. The molecule has 0 aromatic carbocycles. The highest BCUT2D eigenvalue weighted by Gasteiger charge is 2.01. The van der Waals surface area contributed by atoms with E-state index in [2.05, 4.69) is 35.3 Å². The predicted molar refractivity (Wildman–Crippen MR) is 46.5 cm³/mol. The fraction of sp³-hybridized carbons (Fsp3) is 0.500. The maximum Gasteiger partial charge on any atom is 0.232 e. The lowest BCUT2D eigenvalue weighted by atomic mass is 10.5. The minimum absolute atomic E-state index is 1.02. The number of hydrogen-bond acceptors (Lipinski definition) is 0. The van der Waals surface area contributed by atoms with Crippen LogP contribution in [-0.2, 0) is 0 Å². The summed E-state index contributed by atoms with van der Waals surface area (Å²) in [5, 5.41) is 1.24. The summed E-state index contributed by atoms with van der Waals surface area (Å²) < 4.78 is 0. The molecule has 0 aromatic heterocycles. The Bertz CT molecular complexity index is 72.1. The Labute approximate surface area is 63.5 Å². The average Bonchev–Trinajstić information content (AvgIpc) is 1.65. The molecule has 0 spiro atoms. The first-order chi connectivity index (χ1) is 3.18. The van der Waals surface area contributed by atoms with E-state index in [9.17, 15) is 0 Å². The quantitative estimate of drug-likeness (QED) is 0.399. The molecule has 0 aliphatic rings. The maximum absolute atomic E-state index is 5.75. The van der Waals surface area contributed by atoms with Crippen molar-refractivity contribution in [3.8, 4) is 0 Å². The van der Waals surface area contributed by atoms with Crippen LogP contribution in [-0.4, -0.2) is 5.60 Å². The van der Waals surface area contributed by atoms with Crippen molar-refractivity contribution >= 4 is 38.5 Å². The maximum atomic E-state index is 5.75. The Hall–Kier alpha value is 0.977. The minimum atomic E-state index is -1.02. The van der Waals surface area contributed by atoms with Crippen molar-refractivity contribution in [2.75, 3.05) is 0 Å². The van der Waals surface area contributed by atoms with Crippen LogP contribution in [0.3, 0.4) is 0 Å². The average molecular weight is 247 g/mol. The molecule has 0 fully saturated rings. The van der Waals surface area contributed by atoms with Crippen molar-refractivity contribution in [2.45, 2.75) is 13.3 Å². The zero-order valence-corrected chi connectivity index (χ0v) is 8.32. The molecule has 1 atom stereocenters. The van der Waals surface area contributed by atoms with Crippen molar-refractivity contribution < 1.29 is 0 Å². The van der Waals surface area contributed by atoms with Gasteiger partial charge in [0.1, 0.15) is 0 Å². The molecular weight excluding hydrogens is 238 g/mol. The zero-order chi connectivity index (χ0) is 5.86. The SMILES string of the molecule is C=C(CC)[SiH](Cl)I. The summed E-state index contributed by atoms with van der Waals surface area (Å²) in [7, 11) is 0. The summed E-state index contributed by atoms with van der Waals surface area (Å²) in [6.45, 7) is 5.88. The number of halogens is 2. The molecule has 0 aromatic rings. The first-order valence-electron chi connectivity index (χ1n) is 2.14. The van der Waals surface area contributed by atoms with E-state index in [0.29, 0.717) is 0 Å². The Morgan fingerprint density at radius 3 is 2.43 bits per heavy atom. The highest BCUT2D eigenvalue weighted by Crippen LogP contribution is 2.12. The molecule has 7 heavy (non-hydrogen) atoms. The highest BCUT2D eigenvalue weighted by atomic mass is 127. The zero-order valence-electron chi connectivity index (χ0n) is 4.25. The normalized spacial score (nSPS) is 13.6. The van der Waals surface area contributed by atoms with Gasteiger partial charge in [0, 0.05) is 0 Å². The van der Waals surface area contributed by atoms with Gasteiger partial charge in [-0.05, 0) is 6.42 Å². The van der Waals surface area contributed by atoms with Gasteiger partial charge >= 0.3 is 0 Å². The topological polar surface area (TPSA) is 0 Å². The Balaban J connectivity index is 3.35. The van der Waals surface area contributed by atoms with Crippen LogP contribution < -0.4 is 0 Å². The predicted octanol–water partition coefficient (Wildman–Crippen LogP) is 2.39. The third-order valence-corrected chi connectivity index (χ3v) is 5.36. The second kappa shape index (κ2) is 3.92. The number of rotatable bonds is 2. The van der Waals surface area contributed by atoms with Crippen LogP contribution in [0, 0.1) is 0 Å². The van der Waals surface area contributed by atoms with E-state index in [1.54, 1.807) is 0 Å². The second-order valence-corrected chi connectivity index (χ2v) is 9.99. The van der Waals surface area contributed by atoms with Crippen LogP contribution in [0.15, 0.2) is 11.8 Å². The van der Waals surface area contributed by atoms with Crippen LogP contribution in [0.2, 0.25) is 0 Å². The molecule has 0 saturated carbocycles. The lowest BCUT2D eigenvalue weighted by Crippen LogP contribution is -1.93. The minimum Gasteiger partial charge on any atom is -0.152 e. The van der Waals surface area contributed by atoms with Crippen molar-refractivity contribution in [3.05, 3.63) is 11.8 Å². The molecule has 0 radical (unpaired) electrons. The number of allylic oxidation sites excluding steroid dienone is 1. The Morgan fingerprint density at radius 2 is 2.43 bits per heavy atom. The Morgan fingerprint density at radius 1 is 2.00 bits per heavy atom.